The fourth-order valence-corrected chi connectivity index (χ4v) is 7.07. The maximum absolute atomic E-state index is 6.73. The van der Waals surface area contributed by atoms with Gasteiger partial charge in [-0.15, -0.1) is 0 Å². The molecule has 0 saturated heterocycles. The Hall–Kier alpha value is -2.34. The molecule has 1 aromatic heterocycles. The molecule has 0 spiro atoms. The number of nitrogens with zero attached hydrogens (tertiary/aromatic N) is 4. The quantitative estimate of drug-likeness (QED) is 0.191. The van der Waals surface area contributed by atoms with E-state index in [2.05, 4.69) is 99.0 Å². The van der Waals surface area contributed by atoms with Gasteiger partial charge in [0.25, 0.3) is 0 Å². The Kier molecular flexibility index (Phi) is 11.7. The molecule has 1 aliphatic carbocycles. The van der Waals surface area contributed by atoms with Gasteiger partial charge in [-0.25, -0.2) is 4.98 Å². The Balaban J connectivity index is 1.53. The fraction of sp³-hybridized carbons (Fsp3) is 0.571. The van der Waals surface area contributed by atoms with Crippen LogP contribution in [0.2, 0.25) is 5.02 Å². The molecular weight excluding hydrogens is 528 g/mol. The lowest BCUT2D eigenvalue weighted by Crippen LogP contribution is -2.33. The van der Waals surface area contributed by atoms with Gasteiger partial charge in [0, 0.05) is 30.6 Å². The SMILES string of the molecule is CCN(CC)c1oc(C(CC2CCC(C(c3ccc(Cl)cc3)N(C)C)CC2)N(CC)CC)nc1Cc1ccccc1. The highest BCUT2D eigenvalue weighted by Gasteiger charge is 2.34. The van der Waals surface area contributed by atoms with Crippen molar-refractivity contribution in [1.82, 2.24) is 14.8 Å². The summed E-state index contributed by atoms with van der Waals surface area (Å²) in [4.78, 5) is 12.5. The van der Waals surface area contributed by atoms with Gasteiger partial charge in [-0.3, -0.25) is 4.90 Å². The minimum Gasteiger partial charge on any atom is -0.423 e. The highest BCUT2D eigenvalue weighted by molar-refractivity contribution is 6.30. The van der Waals surface area contributed by atoms with Gasteiger partial charge in [0.05, 0.1) is 6.04 Å². The van der Waals surface area contributed by atoms with Gasteiger partial charge in [0.2, 0.25) is 11.8 Å². The molecule has 0 radical (unpaired) electrons. The molecular formula is C35H51ClN4O. The summed E-state index contributed by atoms with van der Waals surface area (Å²) in [6, 6.07) is 19.8. The zero-order valence-electron chi connectivity index (χ0n) is 26.2. The Morgan fingerprint density at radius 1 is 0.854 bits per heavy atom. The smallest absolute Gasteiger partial charge is 0.219 e. The van der Waals surface area contributed by atoms with Crippen LogP contribution in [-0.2, 0) is 6.42 Å². The van der Waals surface area contributed by atoms with Crippen molar-refractivity contribution in [3.63, 3.8) is 0 Å². The number of benzene rings is 2. The molecule has 2 aromatic carbocycles. The van der Waals surface area contributed by atoms with Crippen molar-refractivity contribution in [3.05, 3.63) is 82.3 Å². The molecule has 224 valence electrons. The molecule has 3 aromatic rings. The summed E-state index contributed by atoms with van der Waals surface area (Å²) in [6.45, 7) is 12.7. The van der Waals surface area contributed by atoms with E-state index in [1.165, 1.54) is 36.8 Å². The number of oxazole rings is 1. The van der Waals surface area contributed by atoms with Gasteiger partial charge in [-0.1, -0.05) is 80.8 Å². The molecule has 1 saturated carbocycles. The van der Waals surface area contributed by atoms with Crippen LogP contribution in [0.4, 0.5) is 5.88 Å². The molecule has 2 unspecified atom stereocenters. The minimum atomic E-state index is 0.200. The summed E-state index contributed by atoms with van der Waals surface area (Å²) in [6.07, 6.45) is 6.89. The summed E-state index contributed by atoms with van der Waals surface area (Å²) in [5, 5.41) is 0.806. The van der Waals surface area contributed by atoms with Crippen molar-refractivity contribution >= 4 is 17.5 Å². The number of rotatable bonds is 14. The first kappa shape index (κ1) is 31.6. The van der Waals surface area contributed by atoms with Crippen LogP contribution in [-0.4, -0.2) is 55.1 Å². The largest absolute Gasteiger partial charge is 0.423 e. The molecule has 41 heavy (non-hydrogen) atoms. The number of hydrogen-bond donors (Lipinski definition) is 0. The van der Waals surface area contributed by atoms with Gasteiger partial charge < -0.3 is 14.2 Å². The minimum absolute atomic E-state index is 0.200. The van der Waals surface area contributed by atoms with E-state index in [0.29, 0.717) is 17.9 Å². The van der Waals surface area contributed by atoms with Crippen LogP contribution in [0.1, 0.15) is 94.6 Å². The lowest BCUT2D eigenvalue weighted by Gasteiger charge is -2.39. The normalized spacial score (nSPS) is 19.0. The van der Waals surface area contributed by atoms with Crippen molar-refractivity contribution in [2.75, 3.05) is 45.2 Å². The second-order valence-electron chi connectivity index (χ2n) is 11.9. The van der Waals surface area contributed by atoms with Crippen molar-refractivity contribution in [1.29, 1.82) is 0 Å². The van der Waals surface area contributed by atoms with E-state index in [0.717, 1.165) is 61.5 Å². The van der Waals surface area contributed by atoms with Crippen LogP contribution in [0, 0.1) is 11.8 Å². The maximum atomic E-state index is 6.73. The van der Waals surface area contributed by atoms with Crippen molar-refractivity contribution in [2.45, 2.75) is 78.3 Å². The van der Waals surface area contributed by atoms with Gasteiger partial charge in [-0.05, 0) is 95.4 Å². The van der Waals surface area contributed by atoms with Gasteiger partial charge >= 0.3 is 0 Å². The second kappa shape index (κ2) is 15.2. The zero-order chi connectivity index (χ0) is 29.4. The Morgan fingerprint density at radius 2 is 1.49 bits per heavy atom. The van der Waals surface area contributed by atoms with E-state index in [1.807, 2.05) is 12.1 Å². The first-order chi connectivity index (χ1) is 19.9. The molecule has 5 nitrogen and oxygen atoms in total. The number of aromatic nitrogens is 1. The monoisotopic (exact) mass is 578 g/mol. The van der Waals surface area contributed by atoms with E-state index in [-0.39, 0.29) is 6.04 Å². The van der Waals surface area contributed by atoms with Crippen molar-refractivity contribution in [2.24, 2.45) is 11.8 Å². The number of anilines is 1. The third kappa shape index (κ3) is 7.94. The molecule has 6 heteroatoms. The van der Waals surface area contributed by atoms with E-state index in [4.69, 9.17) is 21.0 Å². The predicted molar refractivity (Wildman–Crippen MR) is 173 cm³/mol. The summed E-state index contributed by atoms with van der Waals surface area (Å²) in [7, 11) is 4.43. The van der Waals surface area contributed by atoms with Gasteiger partial charge in [0.1, 0.15) is 5.69 Å². The van der Waals surface area contributed by atoms with Gasteiger partial charge in [0.15, 0.2) is 0 Å². The van der Waals surface area contributed by atoms with Crippen molar-refractivity contribution in [3.8, 4) is 0 Å². The van der Waals surface area contributed by atoms with Crippen LogP contribution in [0.3, 0.4) is 0 Å². The van der Waals surface area contributed by atoms with Crippen LogP contribution in [0.25, 0.3) is 0 Å². The summed E-state index contributed by atoms with van der Waals surface area (Å²) in [5.74, 6) is 3.18. The second-order valence-corrected chi connectivity index (χ2v) is 12.3. The van der Waals surface area contributed by atoms with Crippen LogP contribution in [0.15, 0.2) is 59.0 Å². The highest BCUT2D eigenvalue weighted by Crippen LogP contribution is 2.43. The average Bonchev–Trinajstić information content (AvgIpc) is 3.39. The molecule has 1 aliphatic rings. The molecule has 0 aliphatic heterocycles. The highest BCUT2D eigenvalue weighted by atomic mass is 35.5. The van der Waals surface area contributed by atoms with Crippen LogP contribution < -0.4 is 4.90 Å². The molecule has 0 bridgehead atoms. The van der Waals surface area contributed by atoms with Gasteiger partial charge in [-0.2, -0.15) is 0 Å². The first-order valence-corrected chi connectivity index (χ1v) is 16.2. The third-order valence-electron chi connectivity index (χ3n) is 9.16. The maximum Gasteiger partial charge on any atom is 0.219 e. The molecule has 1 heterocycles. The molecule has 4 rings (SSSR count). The van der Waals surface area contributed by atoms with Crippen molar-refractivity contribution < 1.29 is 4.42 Å². The lowest BCUT2D eigenvalue weighted by atomic mass is 9.74. The molecule has 0 N–H and O–H groups in total. The zero-order valence-corrected chi connectivity index (χ0v) is 26.9. The third-order valence-corrected chi connectivity index (χ3v) is 9.41. The fourth-order valence-electron chi connectivity index (χ4n) is 6.94. The van der Waals surface area contributed by atoms with E-state index >= 15 is 0 Å². The summed E-state index contributed by atoms with van der Waals surface area (Å²) in [5.41, 5.74) is 3.71. The van der Waals surface area contributed by atoms with Crippen LogP contribution in [0.5, 0.6) is 0 Å². The van der Waals surface area contributed by atoms with E-state index in [9.17, 15) is 0 Å². The number of halogens is 1. The number of hydrogen-bond acceptors (Lipinski definition) is 5. The topological polar surface area (TPSA) is 35.8 Å². The van der Waals surface area contributed by atoms with Crippen LogP contribution >= 0.6 is 11.6 Å². The summed E-state index contributed by atoms with van der Waals surface area (Å²) < 4.78 is 6.73. The lowest BCUT2D eigenvalue weighted by molar-refractivity contribution is 0.112. The Morgan fingerprint density at radius 3 is 2.05 bits per heavy atom. The van der Waals surface area contributed by atoms with E-state index in [1.54, 1.807) is 0 Å². The predicted octanol–water partition coefficient (Wildman–Crippen LogP) is 8.65. The summed E-state index contributed by atoms with van der Waals surface area (Å²) >= 11 is 6.20. The standard InChI is InChI=1S/C35H51ClN4O/c1-7-39(8-2)32(34-37-31(24-26-14-12-11-13-15-26)35(41-34)40(9-3)10-4)25-27-16-18-28(19-17-27)33(38(5)6)29-20-22-30(36)23-21-29/h11-15,20-23,27-28,32-33H,7-10,16-19,24-25H2,1-6H3. The first-order valence-electron chi connectivity index (χ1n) is 15.8. The molecule has 1 fully saturated rings. The average molecular weight is 579 g/mol. The Labute approximate surface area is 253 Å². The Bertz CT molecular complexity index is 1160. The van der Waals surface area contributed by atoms with E-state index < -0.39 is 0 Å². The molecule has 2 atom stereocenters. The molecule has 0 amide bonds.